The maximum atomic E-state index is 8.99. The van der Waals surface area contributed by atoms with Gasteiger partial charge < -0.3 is 5.11 Å². The van der Waals surface area contributed by atoms with Gasteiger partial charge in [-0.3, -0.25) is 0 Å². The maximum Gasteiger partial charge on any atom is 0.187 e. The van der Waals surface area contributed by atoms with Crippen molar-refractivity contribution < 1.29 is 5.11 Å². The van der Waals surface area contributed by atoms with Crippen molar-refractivity contribution in [2.45, 2.75) is 25.1 Å². The Bertz CT molecular complexity index is 235. The summed E-state index contributed by atoms with van der Waals surface area (Å²) >= 11 is 1.46. The highest BCUT2D eigenvalue weighted by Gasteiger charge is 1.99. The van der Waals surface area contributed by atoms with E-state index < -0.39 is 0 Å². The van der Waals surface area contributed by atoms with Gasteiger partial charge in [0.2, 0.25) is 0 Å². The number of aliphatic hydroxyl groups is 1. The first-order chi connectivity index (χ1) is 5.68. The van der Waals surface area contributed by atoms with Gasteiger partial charge >= 0.3 is 0 Å². The zero-order valence-electron chi connectivity index (χ0n) is 7.19. The van der Waals surface area contributed by atoms with Crippen molar-refractivity contribution in [1.29, 1.82) is 0 Å². The lowest BCUT2D eigenvalue weighted by atomic mass is 10.4. The highest BCUT2D eigenvalue weighted by atomic mass is 32.2. The highest BCUT2D eigenvalue weighted by Crippen LogP contribution is 2.12. The van der Waals surface area contributed by atoms with E-state index in [2.05, 4.69) is 9.97 Å². The first-order valence-electron chi connectivity index (χ1n) is 3.78. The Morgan fingerprint density at radius 1 is 1.50 bits per heavy atom. The van der Waals surface area contributed by atoms with Gasteiger partial charge in [0.15, 0.2) is 5.16 Å². The summed E-state index contributed by atoms with van der Waals surface area (Å²) in [5.74, 6) is 0.642. The molecule has 3 nitrogen and oxygen atoms in total. The molecule has 0 spiro atoms. The molecule has 0 aliphatic rings. The number of aromatic nitrogens is 2. The smallest absolute Gasteiger partial charge is 0.187 e. The van der Waals surface area contributed by atoms with Gasteiger partial charge in [-0.2, -0.15) is 0 Å². The molecular formula is C8H12N2OS. The van der Waals surface area contributed by atoms with Crippen LogP contribution in [0.1, 0.15) is 12.5 Å². The minimum atomic E-state index is -0.306. The van der Waals surface area contributed by atoms with Crippen molar-refractivity contribution in [2.24, 2.45) is 0 Å². The molecule has 0 unspecified atom stereocenters. The Balaban J connectivity index is 2.48. The molecule has 0 aromatic carbocycles. The largest absolute Gasteiger partial charge is 0.393 e. The molecule has 0 amide bonds. The average Bonchev–Trinajstić information content (AvgIpc) is 2.03. The van der Waals surface area contributed by atoms with Gasteiger partial charge in [-0.15, -0.1) is 0 Å². The summed E-state index contributed by atoms with van der Waals surface area (Å²) in [6.07, 6.45) is 3.24. The molecule has 1 heterocycles. The predicted molar refractivity (Wildman–Crippen MR) is 49.2 cm³/mol. The molecular weight excluding hydrogens is 172 g/mol. The molecule has 1 aromatic heterocycles. The molecule has 0 bridgehead atoms. The third kappa shape index (κ3) is 3.19. The molecule has 12 heavy (non-hydrogen) atoms. The molecule has 0 radical (unpaired) electrons. The van der Waals surface area contributed by atoms with Crippen LogP contribution in [0.5, 0.6) is 0 Å². The molecule has 1 N–H and O–H groups in total. The number of hydrogen-bond donors (Lipinski definition) is 1. The Labute approximate surface area is 76.2 Å². The number of aryl methyl sites for hydroxylation is 1. The van der Waals surface area contributed by atoms with Gasteiger partial charge in [-0.05, 0) is 19.4 Å². The molecule has 1 rings (SSSR count). The Morgan fingerprint density at radius 3 is 2.58 bits per heavy atom. The molecule has 1 atom stereocenters. The topological polar surface area (TPSA) is 46.0 Å². The van der Waals surface area contributed by atoms with Crippen molar-refractivity contribution in [1.82, 2.24) is 9.97 Å². The number of rotatable bonds is 3. The third-order valence-corrected chi connectivity index (χ3v) is 2.33. The highest BCUT2D eigenvalue weighted by molar-refractivity contribution is 7.99. The van der Waals surface area contributed by atoms with Crippen molar-refractivity contribution in [3.8, 4) is 0 Å². The SMILES string of the molecule is Cc1cnc(SC[C@H](C)O)nc1. The van der Waals surface area contributed by atoms with Crippen LogP contribution in [0.4, 0.5) is 0 Å². The molecule has 0 saturated carbocycles. The van der Waals surface area contributed by atoms with Crippen LogP contribution < -0.4 is 0 Å². The van der Waals surface area contributed by atoms with Crippen molar-refractivity contribution in [2.75, 3.05) is 5.75 Å². The fourth-order valence-electron chi connectivity index (χ4n) is 0.650. The molecule has 0 saturated heterocycles. The van der Waals surface area contributed by atoms with E-state index in [1.165, 1.54) is 11.8 Å². The van der Waals surface area contributed by atoms with Crippen LogP contribution in [0.2, 0.25) is 0 Å². The van der Waals surface area contributed by atoms with Crippen LogP contribution in [-0.4, -0.2) is 26.9 Å². The van der Waals surface area contributed by atoms with Gasteiger partial charge in [0, 0.05) is 18.1 Å². The van der Waals surface area contributed by atoms with E-state index in [4.69, 9.17) is 5.11 Å². The number of nitrogens with zero attached hydrogens (tertiary/aromatic N) is 2. The second-order valence-corrected chi connectivity index (χ2v) is 3.69. The zero-order valence-corrected chi connectivity index (χ0v) is 8.01. The van der Waals surface area contributed by atoms with E-state index in [9.17, 15) is 0 Å². The Morgan fingerprint density at radius 2 is 2.08 bits per heavy atom. The van der Waals surface area contributed by atoms with Gasteiger partial charge in [-0.25, -0.2) is 9.97 Å². The van der Waals surface area contributed by atoms with Crippen molar-refractivity contribution in [3.05, 3.63) is 18.0 Å². The molecule has 66 valence electrons. The van der Waals surface area contributed by atoms with Gasteiger partial charge in [0.05, 0.1) is 6.10 Å². The summed E-state index contributed by atoms with van der Waals surface area (Å²) in [5.41, 5.74) is 1.05. The lowest BCUT2D eigenvalue weighted by Crippen LogP contribution is -2.03. The summed E-state index contributed by atoms with van der Waals surface area (Å²) in [6.45, 7) is 3.70. The van der Waals surface area contributed by atoms with Crippen LogP contribution >= 0.6 is 11.8 Å². The normalized spacial score (nSPS) is 12.9. The van der Waals surface area contributed by atoms with Gasteiger partial charge in [-0.1, -0.05) is 11.8 Å². The number of hydrogen-bond acceptors (Lipinski definition) is 4. The molecule has 1 aromatic rings. The van der Waals surface area contributed by atoms with Crippen LogP contribution in [0.25, 0.3) is 0 Å². The molecule has 4 heteroatoms. The van der Waals surface area contributed by atoms with Crippen LogP contribution in [0, 0.1) is 6.92 Å². The van der Waals surface area contributed by atoms with Crippen molar-refractivity contribution >= 4 is 11.8 Å². The van der Waals surface area contributed by atoms with Crippen LogP contribution in [-0.2, 0) is 0 Å². The van der Waals surface area contributed by atoms with E-state index in [-0.39, 0.29) is 6.10 Å². The minimum absolute atomic E-state index is 0.306. The maximum absolute atomic E-state index is 8.99. The second-order valence-electron chi connectivity index (χ2n) is 2.70. The first-order valence-corrected chi connectivity index (χ1v) is 4.76. The lowest BCUT2D eigenvalue weighted by molar-refractivity contribution is 0.220. The number of aliphatic hydroxyl groups excluding tert-OH is 1. The summed E-state index contributed by atoms with van der Waals surface area (Å²) in [5, 5.41) is 9.72. The van der Waals surface area contributed by atoms with Crippen LogP contribution in [0.3, 0.4) is 0 Å². The van der Waals surface area contributed by atoms with E-state index in [0.29, 0.717) is 5.75 Å². The van der Waals surface area contributed by atoms with Crippen LogP contribution in [0.15, 0.2) is 17.6 Å². The molecule has 0 fully saturated rings. The molecule has 0 aliphatic carbocycles. The number of thioether (sulfide) groups is 1. The summed E-state index contributed by atoms with van der Waals surface area (Å²) in [6, 6.07) is 0. The second kappa shape index (κ2) is 4.42. The quantitative estimate of drug-likeness (QED) is 0.567. The van der Waals surface area contributed by atoms with E-state index >= 15 is 0 Å². The fourth-order valence-corrected chi connectivity index (χ4v) is 1.30. The standard InChI is InChI=1S/C8H12N2OS/c1-6-3-9-8(10-4-6)12-5-7(2)11/h3-4,7,11H,5H2,1-2H3/t7-/m0/s1. The van der Waals surface area contributed by atoms with Gasteiger partial charge in [0.25, 0.3) is 0 Å². The first kappa shape index (κ1) is 9.48. The van der Waals surface area contributed by atoms with Crippen molar-refractivity contribution in [3.63, 3.8) is 0 Å². The summed E-state index contributed by atoms with van der Waals surface area (Å²) in [4.78, 5) is 8.18. The van der Waals surface area contributed by atoms with E-state index in [1.54, 1.807) is 19.3 Å². The Kier molecular flexibility index (Phi) is 3.49. The third-order valence-electron chi connectivity index (χ3n) is 1.21. The minimum Gasteiger partial charge on any atom is -0.393 e. The Hall–Kier alpha value is -0.610. The van der Waals surface area contributed by atoms with E-state index in [1.807, 2.05) is 6.92 Å². The summed E-state index contributed by atoms with van der Waals surface area (Å²) < 4.78 is 0. The monoisotopic (exact) mass is 184 g/mol. The van der Waals surface area contributed by atoms with E-state index in [0.717, 1.165) is 10.7 Å². The molecule has 0 aliphatic heterocycles. The van der Waals surface area contributed by atoms with Gasteiger partial charge in [0.1, 0.15) is 0 Å². The average molecular weight is 184 g/mol. The fraction of sp³-hybridized carbons (Fsp3) is 0.500. The predicted octanol–water partition coefficient (Wildman–Crippen LogP) is 1.26. The zero-order chi connectivity index (χ0) is 8.97. The lowest BCUT2D eigenvalue weighted by Gasteiger charge is -2.01. The summed E-state index contributed by atoms with van der Waals surface area (Å²) in [7, 11) is 0.